The standard InChI is InChI=1S/C15H23NO/c1-4-5-6-7-8-11-16-15-10-9-14(17-3)12-13(15)2/h4,9-10,12,16H,1,5-8,11H2,2-3H3. The van der Waals surface area contributed by atoms with Gasteiger partial charge in [0.25, 0.3) is 0 Å². The molecule has 0 bridgehead atoms. The highest BCUT2D eigenvalue weighted by Gasteiger charge is 1.99. The Hall–Kier alpha value is -1.44. The highest BCUT2D eigenvalue weighted by atomic mass is 16.5. The molecule has 0 radical (unpaired) electrons. The monoisotopic (exact) mass is 233 g/mol. The van der Waals surface area contributed by atoms with Gasteiger partial charge in [-0.2, -0.15) is 0 Å². The van der Waals surface area contributed by atoms with Crippen LogP contribution < -0.4 is 10.1 Å². The van der Waals surface area contributed by atoms with Crippen LogP contribution in [0.3, 0.4) is 0 Å². The van der Waals surface area contributed by atoms with Crippen LogP contribution in [0.1, 0.15) is 31.2 Å². The molecule has 0 atom stereocenters. The average molecular weight is 233 g/mol. The number of hydrogen-bond acceptors (Lipinski definition) is 2. The second-order valence-corrected chi connectivity index (χ2v) is 4.25. The van der Waals surface area contributed by atoms with Crippen molar-refractivity contribution in [3.05, 3.63) is 36.4 Å². The summed E-state index contributed by atoms with van der Waals surface area (Å²) in [6.07, 6.45) is 6.82. The van der Waals surface area contributed by atoms with E-state index in [1.54, 1.807) is 7.11 Å². The molecular formula is C15H23NO. The van der Waals surface area contributed by atoms with Crippen molar-refractivity contribution in [3.8, 4) is 5.75 Å². The second-order valence-electron chi connectivity index (χ2n) is 4.25. The van der Waals surface area contributed by atoms with Crippen LogP contribution in [0.4, 0.5) is 5.69 Å². The van der Waals surface area contributed by atoms with E-state index in [2.05, 4.69) is 31.0 Å². The van der Waals surface area contributed by atoms with E-state index in [0.29, 0.717) is 0 Å². The Morgan fingerprint density at radius 3 is 2.76 bits per heavy atom. The van der Waals surface area contributed by atoms with Crippen molar-refractivity contribution >= 4 is 5.69 Å². The molecule has 0 saturated carbocycles. The van der Waals surface area contributed by atoms with E-state index >= 15 is 0 Å². The van der Waals surface area contributed by atoms with Crippen LogP contribution in [0, 0.1) is 6.92 Å². The van der Waals surface area contributed by atoms with Gasteiger partial charge in [0.05, 0.1) is 7.11 Å². The van der Waals surface area contributed by atoms with Crippen LogP contribution in [0.2, 0.25) is 0 Å². The largest absolute Gasteiger partial charge is 0.497 e. The molecule has 17 heavy (non-hydrogen) atoms. The summed E-state index contributed by atoms with van der Waals surface area (Å²) in [6.45, 7) is 6.86. The van der Waals surface area contributed by atoms with Crippen molar-refractivity contribution < 1.29 is 4.74 Å². The molecule has 2 heteroatoms. The molecule has 0 unspecified atom stereocenters. The lowest BCUT2D eigenvalue weighted by Gasteiger charge is -2.10. The lowest BCUT2D eigenvalue weighted by Crippen LogP contribution is -2.03. The first kappa shape index (κ1) is 13.6. The van der Waals surface area contributed by atoms with Crippen molar-refractivity contribution in [2.45, 2.75) is 32.6 Å². The Bertz CT molecular complexity index is 347. The smallest absolute Gasteiger partial charge is 0.119 e. The van der Waals surface area contributed by atoms with Crippen LogP contribution in [-0.2, 0) is 0 Å². The van der Waals surface area contributed by atoms with Gasteiger partial charge in [0.2, 0.25) is 0 Å². The van der Waals surface area contributed by atoms with Crippen molar-refractivity contribution in [1.82, 2.24) is 0 Å². The molecule has 0 amide bonds. The number of unbranched alkanes of at least 4 members (excludes halogenated alkanes) is 3. The zero-order valence-corrected chi connectivity index (χ0v) is 11.0. The lowest BCUT2D eigenvalue weighted by molar-refractivity contribution is 0.414. The molecule has 0 aliphatic carbocycles. The van der Waals surface area contributed by atoms with E-state index in [1.165, 1.54) is 30.5 Å². The molecule has 1 aromatic carbocycles. The van der Waals surface area contributed by atoms with Crippen molar-refractivity contribution in [3.63, 3.8) is 0 Å². The summed E-state index contributed by atoms with van der Waals surface area (Å²) in [4.78, 5) is 0. The maximum atomic E-state index is 5.18. The zero-order valence-electron chi connectivity index (χ0n) is 11.0. The molecule has 94 valence electrons. The summed E-state index contributed by atoms with van der Waals surface area (Å²) in [5.41, 5.74) is 2.44. The number of methoxy groups -OCH3 is 1. The number of benzene rings is 1. The molecule has 0 spiro atoms. The number of anilines is 1. The molecule has 0 aliphatic heterocycles. The molecule has 0 heterocycles. The molecule has 0 aromatic heterocycles. The number of ether oxygens (including phenoxy) is 1. The van der Waals surface area contributed by atoms with E-state index in [4.69, 9.17) is 4.74 Å². The van der Waals surface area contributed by atoms with Crippen LogP contribution >= 0.6 is 0 Å². The molecule has 0 fully saturated rings. The quantitative estimate of drug-likeness (QED) is 0.537. The SMILES string of the molecule is C=CCCCCCNc1ccc(OC)cc1C. The van der Waals surface area contributed by atoms with Crippen molar-refractivity contribution in [2.24, 2.45) is 0 Å². The van der Waals surface area contributed by atoms with Crippen LogP contribution in [0.5, 0.6) is 5.75 Å². The minimum Gasteiger partial charge on any atom is -0.497 e. The number of allylic oxidation sites excluding steroid dienone is 1. The molecule has 0 saturated heterocycles. The van der Waals surface area contributed by atoms with Gasteiger partial charge in [0.1, 0.15) is 5.75 Å². The number of hydrogen-bond donors (Lipinski definition) is 1. The summed E-state index contributed by atoms with van der Waals surface area (Å²) in [5.74, 6) is 0.916. The Labute approximate surface area is 105 Å². The van der Waals surface area contributed by atoms with Crippen molar-refractivity contribution in [2.75, 3.05) is 19.0 Å². The van der Waals surface area contributed by atoms with Gasteiger partial charge in [-0.3, -0.25) is 0 Å². The maximum absolute atomic E-state index is 5.18. The fourth-order valence-corrected chi connectivity index (χ4v) is 1.77. The molecule has 1 N–H and O–H groups in total. The Morgan fingerprint density at radius 2 is 2.12 bits per heavy atom. The molecule has 1 rings (SSSR count). The predicted molar refractivity (Wildman–Crippen MR) is 74.9 cm³/mol. The van der Waals surface area contributed by atoms with Gasteiger partial charge in [-0.05, 0) is 49.9 Å². The van der Waals surface area contributed by atoms with Crippen molar-refractivity contribution in [1.29, 1.82) is 0 Å². The van der Waals surface area contributed by atoms with Gasteiger partial charge < -0.3 is 10.1 Å². The molecule has 2 nitrogen and oxygen atoms in total. The normalized spacial score (nSPS) is 10.0. The van der Waals surface area contributed by atoms with Crippen LogP contribution in [-0.4, -0.2) is 13.7 Å². The third kappa shape index (κ3) is 4.94. The number of rotatable bonds is 8. The number of nitrogens with one attached hydrogen (secondary N) is 1. The average Bonchev–Trinajstić information content (AvgIpc) is 2.35. The second kappa shape index (κ2) is 7.77. The first-order valence-electron chi connectivity index (χ1n) is 6.27. The summed E-state index contributed by atoms with van der Waals surface area (Å²) in [6, 6.07) is 6.13. The Morgan fingerprint density at radius 1 is 1.29 bits per heavy atom. The van der Waals surface area contributed by atoms with Gasteiger partial charge in [-0.25, -0.2) is 0 Å². The first-order chi connectivity index (χ1) is 8.27. The summed E-state index contributed by atoms with van der Waals surface area (Å²) in [7, 11) is 1.70. The van der Waals surface area contributed by atoms with Gasteiger partial charge in [0, 0.05) is 12.2 Å². The maximum Gasteiger partial charge on any atom is 0.119 e. The fraction of sp³-hybridized carbons (Fsp3) is 0.467. The Balaban J connectivity index is 2.29. The van der Waals surface area contributed by atoms with Gasteiger partial charge in [-0.1, -0.05) is 12.5 Å². The highest BCUT2D eigenvalue weighted by Crippen LogP contribution is 2.20. The third-order valence-corrected chi connectivity index (χ3v) is 2.83. The number of aryl methyl sites for hydroxylation is 1. The fourth-order valence-electron chi connectivity index (χ4n) is 1.77. The molecule has 1 aromatic rings. The van der Waals surface area contributed by atoms with E-state index < -0.39 is 0 Å². The molecular weight excluding hydrogens is 210 g/mol. The van der Waals surface area contributed by atoms with Crippen LogP contribution in [0.25, 0.3) is 0 Å². The zero-order chi connectivity index (χ0) is 12.5. The first-order valence-corrected chi connectivity index (χ1v) is 6.27. The minimum absolute atomic E-state index is 0.916. The lowest BCUT2D eigenvalue weighted by atomic mass is 10.1. The molecule has 0 aliphatic rings. The Kier molecular flexibility index (Phi) is 6.23. The van der Waals surface area contributed by atoms with E-state index in [9.17, 15) is 0 Å². The summed E-state index contributed by atoms with van der Waals surface area (Å²) in [5, 5.41) is 3.46. The van der Waals surface area contributed by atoms with E-state index in [0.717, 1.165) is 18.7 Å². The topological polar surface area (TPSA) is 21.3 Å². The predicted octanol–water partition coefficient (Wildman–Crippen LogP) is 4.16. The van der Waals surface area contributed by atoms with Gasteiger partial charge in [0.15, 0.2) is 0 Å². The third-order valence-electron chi connectivity index (χ3n) is 2.83. The van der Waals surface area contributed by atoms with E-state index in [1.807, 2.05) is 12.1 Å². The summed E-state index contributed by atoms with van der Waals surface area (Å²) < 4.78 is 5.18. The minimum atomic E-state index is 0.916. The summed E-state index contributed by atoms with van der Waals surface area (Å²) >= 11 is 0. The highest BCUT2D eigenvalue weighted by molar-refractivity contribution is 5.53. The van der Waals surface area contributed by atoms with Gasteiger partial charge >= 0.3 is 0 Å². The van der Waals surface area contributed by atoms with Crippen LogP contribution in [0.15, 0.2) is 30.9 Å². The van der Waals surface area contributed by atoms with E-state index in [-0.39, 0.29) is 0 Å². The van der Waals surface area contributed by atoms with Gasteiger partial charge in [-0.15, -0.1) is 6.58 Å².